The summed E-state index contributed by atoms with van der Waals surface area (Å²) < 4.78 is 0. The Kier molecular flexibility index (Phi) is 3.88. The molecule has 1 aromatic heterocycles. The second-order valence-electron chi connectivity index (χ2n) is 3.77. The number of nitrogens with one attached hydrogen (secondary N) is 1. The van der Waals surface area contributed by atoms with Crippen molar-refractivity contribution >= 4 is 28.2 Å². The molecular formula is C10H17N3S2. The maximum atomic E-state index is 4.47. The van der Waals surface area contributed by atoms with Gasteiger partial charge >= 0.3 is 0 Å². The average Bonchev–Trinajstić information content (AvgIpc) is 2.87. The Bertz CT molecular complexity index is 307. The fraction of sp³-hybridized carbons (Fsp3) is 0.700. The molecule has 1 aliphatic heterocycles. The van der Waals surface area contributed by atoms with Crippen molar-refractivity contribution in [2.45, 2.75) is 19.0 Å². The Hall–Kier alpha value is -0.260. The summed E-state index contributed by atoms with van der Waals surface area (Å²) in [4.78, 5) is 8.12. The molecule has 84 valence electrons. The normalized spacial score (nSPS) is 20.8. The molecule has 5 heteroatoms. The highest BCUT2D eigenvalue weighted by atomic mass is 32.2. The first-order valence-electron chi connectivity index (χ1n) is 5.21. The highest BCUT2D eigenvalue weighted by Gasteiger charge is 2.21. The van der Waals surface area contributed by atoms with E-state index in [2.05, 4.69) is 22.2 Å². The van der Waals surface area contributed by atoms with Gasteiger partial charge in [-0.05, 0) is 19.2 Å². The lowest BCUT2D eigenvalue weighted by atomic mass is 10.2. The van der Waals surface area contributed by atoms with E-state index in [4.69, 9.17) is 0 Å². The van der Waals surface area contributed by atoms with Crippen molar-refractivity contribution in [2.24, 2.45) is 0 Å². The van der Waals surface area contributed by atoms with E-state index in [-0.39, 0.29) is 0 Å². The molecule has 15 heavy (non-hydrogen) atoms. The first kappa shape index (κ1) is 11.2. The molecule has 1 atom stereocenters. The van der Waals surface area contributed by atoms with Crippen LogP contribution in [0.15, 0.2) is 6.20 Å². The SMILES string of the molecule is CNCc1cnc(N(C)C2CCSC2)s1. The molecule has 0 amide bonds. The van der Waals surface area contributed by atoms with Gasteiger partial charge in [-0.3, -0.25) is 0 Å². The topological polar surface area (TPSA) is 28.2 Å². The average molecular weight is 243 g/mol. The van der Waals surface area contributed by atoms with E-state index in [1.807, 2.05) is 25.0 Å². The van der Waals surface area contributed by atoms with Gasteiger partial charge in [0.05, 0.1) is 0 Å². The lowest BCUT2D eigenvalue weighted by Crippen LogP contribution is -2.30. The van der Waals surface area contributed by atoms with E-state index < -0.39 is 0 Å². The van der Waals surface area contributed by atoms with Crippen LogP contribution >= 0.6 is 23.1 Å². The van der Waals surface area contributed by atoms with Gasteiger partial charge in [0.1, 0.15) is 0 Å². The van der Waals surface area contributed by atoms with Crippen LogP contribution in [0.2, 0.25) is 0 Å². The van der Waals surface area contributed by atoms with Gasteiger partial charge in [-0.2, -0.15) is 11.8 Å². The first-order valence-corrected chi connectivity index (χ1v) is 7.18. The number of nitrogens with zero attached hydrogens (tertiary/aromatic N) is 2. The van der Waals surface area contributed by atoms with E-state index in [1.165, 1.54) is 22.8 Å². The van der Waals surface area contributed by atoms with Crippen molar-refractivity contribution in [2.75, 3.05) is 30.5 Å². The third-order valence-electron chi connectivity index (χ3n) is 2.65. The summed E-state index contributed by atoms with van der Waals surface area (Å²) in [6, 6.07) is 0.684. The molecule has 3 nitrogen and oxygen atoms in total. The van der Waals surface area contributed by atoms with Crippen LogP contribution in [0, 0.1) is 0 Å². The van der Waals surface area contributed by atoms with Crippen LogP contribution < -0.4 is 10.2 Å². The molecule has 2 rings (SSSR count). The van der Waals surface area contributed by atoms with Gasteiger partial charge < -0.3 is 10.2 Å². The summed E-state index contributed by atoms with van der Waals surface area (Å²) in [5.74, 6) is 2.54. The molecule has 0 radical (unpaired) electrons. The van der Waals surface area contributed by atoms with E-state index in [0.29, 0.717) is 6.04 Å². The van der Waals surface area contributed by atoms with Gasteiger partial charge in [-0.1, -0.05) is 0 Å². The van der Waals surface area contributed by atoms with E-state index in [0.717, 1.165) is 11.7 Å². The third kappa shape index (κ3) is 2.65. The second kappa shape index (κ2) is 5.18. The van der Waals surface area contributed by atoms with E-state index >= 15 is 0 Å². The standard InChI is InChI=1S/C10H17N3S2/c1-11-5-9-6-12-10(15-9)13(2)8-3-4-14-7-8/h6,8,11H,3-5,7H2,1-2H3. The number of thioether (sulfide) groups is 1. The quantitative estimate of drug-likeness (QED) is 0.873. The zero-order valence-electron chi connectivity index (χ0n) is 9.19. The Morgan fingerprint density at radius 1 is 1.67 bits per heavy atom. The predicted octanol–water partition coefficient (Wildman–Crippen LogP) is 1.80. The Morgan fingerprint density at radius 3 is 3.20 bits per heavy atom. The van der Waals surface area contributed by atoms with Crippen LogP contribution in [0.1, 0.15) is 11.3 Å². The van der Waals surface area contributed by atoms with Crippen molar-refractivity contribution in [1.29, 1.82) is 0 Å². The van der Waals surface area contributed by atoms with Crippen LogP contribution in [0.5, 0.6) is 0 Å². The monoisotopic (exact) mass is 243 g/mol. The zero-order chi connectivity index (χ0) is 10.7. The van der Waals surface area contributed by atoms with Crippen molar-refractivity contribution < 1.29 is 0 Å². The molecule has 1 N–H and O–H groups in total. The summed E-state index contributed by atoms with van der Waals surface area (Å²) >= 11 is 3.84. The highest BCUT2D eigenvalue weighted by molar-refractivity contribution is 7.99. The van der Waals surface area contributed by atoms with Gasteiger partial charge in [0.15, 0.2) is 5.13 Å². The summed E-state index contributed by atoms with van der Waals surface area (Å²) in [6.45, 7) is 0.922. The van der Waals surface area contributed by atoms with Crippen molar-refractivity contribution in [3.05, 3.63) is 11.1 Å². The number of hydrogen-bond acceptors (Lipinski definition) is 5. The van der Waals surface area contributed by atoms with Gasteiger partial charge in [0.2, 0.25) is 0 Å². The molecule has 1 saturated heterocycles. The molecule has 0 aliphatic carbocycles. The second-order valence-corrected chi connectivity index (χ2v) is 6.01. The molecule has 0 spiro atoms. The molecule has 1 aliphatic rings. The predicted molar refractivity (Wildman–Crippen MR) is 69.0 cm³/mol. The number of hydrogen-bond donors (Lipinski definition) is 1. The molecule has 1 fully saturated rings. The molecular weight excluding hydrogens is 226 g/mol. The Morgan fingerprint density at radius 2 is 2.53 bits per heavy atom. The van der Waals surface area contributed by atoms with Crippen LogP contribution in [-0.4, -0.2) is 36.6 Å². The number of thiazole rings is 1. The fourth-order valence-corrected chi connectivity index (χ4v) is 3.92. The lowest BCUT2D eigenvalue weighted by Gasteiger charge is -2.22. The molecule has 0 saturated carbocycles. The van der Waals surface area contributed by atoms with Crippen molar-refractivity contribution in [1.82, 2.24) is 10.3 Å². The number of anilines is 1. The molecule has 2 heterocycles. The number of rotatable bonds is 4. The third-order valence-corrected chi connectivity index (χ3v) is 4.88. The minimum atomic E-state index is 0.684. The van der Waals surface area contributed by atoms with E-state index in [9.17, 15) is 0 Å². The Labute approximate surface area is 99.3 Å². The number of aromatic nitrogens is 1. The van der Waals surface area contributed by atoms with Crippen LogP contribution in [0.25, 0.3) is 0 Å². The van der Waals surface area contributed by atoms with Gasteiger partial charge in [-0.15, -0.1) is 11.3 Å². The maximum absolute atomic E-state index is 4.47. The van der Waals surface area contributed by atoms with Crippen LogP contribution in [0.4, 0.5) is 5.13 Å². The van der Waals surface area contributed by atoms with Gasteiger partial charge in [-0.25, -0.2) is 4.98 Å². The molecule has 1 aromatic rings. The summed E-state index contributed by atoms with van der Waals surface area (Å²) in [5, 5.41) is 4.31. The van der Waals surface area contributed by atoms with Crippen molar-refractivity contribution in [3.8, 4) is 0 Å². The first-order chi connectivity index (χ1) is 7.31. The molecule has 1 unspecified atom stereocenters. The van der Waals surface area contributed by atoms with Gasteiger partial charge in [0, 0.05) is 36.5 Å². The summed E-state index contributed by atoms with van der Waals surface area (Å²) in [5.41, 5.74) is 0. The smallest absolute Gasteiger partial charge is 0.185 e. The van der Waals surface area contributed by atoms with Crippen LogP contribution in [0.3, 0.4) is 0 Å². The minimum Gasteiger partial charge on any atom is -0.347 e. The lowest BCUT2D eigenvalue weighted by molar-refractivity contribution is 0.698. The van der Waals surface area contributed by atoms with Crippen LogP contribution in [-0.2, 0) is 6.54 Å². The Balaban J connectivity index is 2.00. The zero-order valence-corrected chi connectivity index (χ0v) is 10.8. The fourth-order valence-electron chi connectivity index (χ4n) is 1.70. The minimum absolute atomic E-state index is 0.684. The van der Waals surface area contributed by atoms with Crippen molar-refractivity contribution in [3.63, 3.8) is 0 Å². The largest absolute Gasteiger partial charge is 0.347 e. The maximum Gasteiger partial charge on any atom is 0.185 e. The highest BCUT2D eigenvalue weighted by Crippen LogP contribution is 2.28. The van der Waals surface area contributed by atoms with Gasteiger partial charge in [0.25, 0.3) is 0 Å². The molecule has 0 aromatic carbocycles. The summed E-state index contributed by atoms with van der Waals surface area (Å²) in [7, 11) is 4.13. The molecule has 0 bridgehead atoms. The summed E-state index contributed by atoms with van der Waals surface area (Å²) in [6.07, 6.45) is 3.28. The van der Waals surface area contributed by atoms with E-state index in [1.54, 1.807) is 11.3 Å².